The first-order chi connectivity index (χ1) is 7.79. The van der Waals surface area contributed by atoms with E-state index in [1.807, 2.05) is 18.2 Å². The molecule has 0 saturated heterocycles. The van der Waals surface area contributed by atoms with Crippen molar-refractivity contribution in [2.24, 2.45) is 0 Å². The molecule has 0 fully saturated rings. The van der Waals surface area contributed by atoms with Crippen molar-refractivity contribution in [2.75, 3.05) is 0 Å². The van der Waals surface area contributed by atoms with Crippen LogP contribution in [0, 0.1) is 0 Å². The maximum absolute atomic E-state index is 6.00. The summed E-state index contributed by atoms with van der Waals surface area (Å²) in [5.41, 5.74) is 0. The highest BCUT2D eigenvalue weighted by molar-refractivity contribution is 6.84. The monoisotopic (exact) mass is 288 g/mol. The standard InChI is InChI=1S/C9H20O3Si4/c1-13-10-16(11-14-2,12-15-3)9-7-5-4-6-8-9/h4-8H,13-15H2,1-3H3. The lowest BCUT2D eigenvalue weighted by Gasteiger charge is -2.30. The Kier molecular flexibility index (Phi) is 6.42. The smallest absolute Gasteiger partial charge is 0.419 e. The molecule has 0 aromatic heterocycles. The minimum atomic E-state index is -2.49. The fourth-order valence-electron chi connectivity index (χ4n) is 1.59. The molecule has 1 aromatic rings. The molecule has 1 aromatic carbocycles. The van der Waals surface area contributed by atoms with Crippen LogP contribution in [0.4, 0.5) is 0 Å². The zero-order chi connectivity index (χ0) is 11.9. The van der Waals surface area contributed by atoms with Crippen LogP contribution in [0.15, 0.2) is 30.3 Å². The second-order valence-corrected chi connectivity index (χ2v) is 10.1. The molecule has 0 amide bonds. The summed E-state index contributed by atoms with van der Waals surface area (Å²) in [5, 5.41) is 1.13. The largest absolute Gasteiger partial charge is 0.504 e. The lowest BCUT2D eigenvalue weighted by Crippen LogP contribution is -2.58. The average molecular weight is 289 g/mol. The van der Waals surface area contributed by atoms with Gasteiger partial charge in [-0.2, -0.15) is 0 Å². The third-order valence-electron chi connectivity index (χ3n) is 2.13. The molecule has 0 spiro atoms. The minimum absolute atomic E-state index is 0.518. The van der Waals surface area contributed by atoms with Crippen molar-refractivity contribution in [3.63, 3.8) is 0 Å². The third-order valence-corrected chi connectivity index (χ3v) is 11.2. The van der Waals surface area contributed by atoms with Crippen molar-refractivity contribution in [1.29, 1.82) is 0 Å². The summed E-state index contributed by atoms with van der Waals surface area (Å²) in [4.78, 5) is 0. The van der Waals surface area contributed by atoms with Crippen molar-refractivity contribution in [3.8, 4) is 0 Å². The topological polar surface area (TPSA) is 27.7 Å². The van der Waals surface area contributed by atoms with E-state index in [-0.39, 0.29) is 0 Å². The summed E-state index contributed by atoms with van der Waals surface area (Å²) in [7, 11) is -4.04. The van der Waals surface area contributed by atoms with Gasteiger partial charge in [0.1, 0.15) is 29.3 Å². The van der Waals surface area contributed by atoms with Gasteiger partial charge in [-0.25, -0.2) is 0 Å². The van der Waals surface area contributed by atoms with Gasteiger partial charge in [0.2, 0.25) is 0 Å². The summed E-state index contributed by atoms with van der Waals surface area (Å²) in [5.74, 6) is 0. The van der Waals surface area contributed by atoms with Crippen LogP contribution in [-0.4, -0.2) is 38.1 Å². The van der Waals surface area contributed by atoms with E-state index >= 15 is 0 Å². The maximum atomic E-state index is 6.00. The van der Waals surface area contributed by atoms with E-state index in [0.29, 0.717) is 0 Å². The zero-order valence-electron chi connectivity index (χ0n) is 10.2. The van der Waals surface area contributed by atoms with E-state index in [4.69, 9.17) is 12.3 Å². The zero-order valence-corrected chi connectivity index (χ0v) is 15.5. The second-order valence-electron chi connectivity index (χ2n) is 3.22. The molecule has 0 bridgehead atoms. The van der Waals surface area contributed by atoms with E-state index in [1.165, 1.54) is 0 Å². The van der Waals surface area contributed by atoms with Crippen LogP contribution < -0.4 is 5.19 Å². The van der Waals surface area contributed by atoms with Gasteiger partial charge in [0.25, 0.3) is 0 Å². The number of rotatable bonds is 7. The summed E-state index contributed by atoms with van der Waals surface area (Å²) in [6.07, 6.45) is 0. The first-order valence-corrected chi connectivity index (χ1v) is 13.5. The molecule has 0 radical (unpaired) electrons. The van der Waals surface area contributed by atoms with Crippen molar-refractivity contribution < 1.29 is 12.3 Å². The summed E-state index contributed by atoms with van der Waals surface area (Å²) < 4.78 is 18.0. The maximum Gasteiger partial charge on any atom is 0.504 e. The Bertz CT molecular complexity index is 279. The highest BCUT2D eigenvalue weighted by atomic mass is 28.5. The van der Waals surface area contributed by atoms with Crippen LogP contribution in [0.5, 0.6) is 0 Å². The first kappa shape index (κ1) is 14.0. The molecule has 0 aliphatic heterocycles. The van der Waals surface area contributed by atoms with Gasteiger partial charge in [-0.3, -0.25) is 0 Å². The molecule has 0 aliphatic rings. The van der Waals surface area contributed by atoms with Crippen molar-refractivity contribution in [2.45, 2.75) is 19.6 Å². The van der Waals surface area contributed by atoms with E-state index in [2.05, 4.69) is 31.8 Å². The predicted octanol–water partition coefficient (Wildman–Crippen LogP) is -0.722. The molecule has 16 heavy (non-hydrogen) atoms. The van der Waals surface area contributed by atoms with E-state index in [0.717, 1.165) is 5.19 Å². The molecule has 0 saturated carbocycles. The van der Waals surface area contributed by atoms with E-state index < -0.39 is 38.1 Å². The van der Waals surface area contributed by atoms with Crippen molar-refractivity contribution in [1.82, 2.24) is 0 Å². The van der Waals surface area contributed by atoms with Crippen molar-refractivity contribution in [3.05, 3.63) is 30.3 Å². The van der Waals surface area contributed by atoms with Gasteiger partial charge in [0, 0.05) is 5.19 Å². The summed E-state index contributed by atoms with van der Waals surface area (Å²) >= 11 is 0. The second kappa shape index (κ2) is 7.32. The average Bonchev–Trinajstić information content (AvgIpc) is 2.31. The van der Waals surface area contributed by atoms with Crippen LogP contribution >= 0.6 is 0 Å². The molecule has 3 nitrogen and oxygen atoms in total. The van der Waals surface area contributed by atoms with E-state index in [1.54, 1.807) is 0 Å². The molecular weight excluding hydrogens is 268 g/mol. The quantitative estimate of drug-likeness (QED) is 0.620. The van der Waals surface area contributed by atoms with Crippen LogP contribution in [-0.2, 0) is 12.3 Å². The third kappa shape index (κ3) is 3.48. The highest BCUT2D eigenvalue weighted by Gasteiger charge is 2.40. The number of hydrogen-bond acceptors (Lipinski definition) is 3. The van der Waals surface area contributed by atoms with Crippen molar-refractivity contribution >= 4 is 43.3 Å². The van der Waals surface area contributed by atoms with Crippen LogP contribution in [0.1, 0.15) is 0 Å². The Labute approximate surface area is 106 Å². The Morgan fingerprint density at radius 3 is 1.62 bits per heavy atom. The highest BCUT2D eigenvalue weighted by Crippen LogP contribution is 2.08. The van der Waals surface area contributed by atoms with Gasteiger partial charge >= 0.3 is 8.80 Å². The molecule has 1 rings (SSSR count). The molecule has 90 valence electrons. The van der Waals surface area contributed by atoms with Gasteiger partial charge in [0.15, 0.2) is 0 Å². The molecule has 0 N–H and O–H groups in total. The molecule has 7 heteroatoms. The molecule has 0 unspecified atom stereocenters. The predicted molar refractivity (Wildman–Crippen MR) is 78.3 cm³/mol. The Hall–Kier alpha value is -0.0325. The van der Waals surface area contributed by atoms with E-state index in [9.17, 15) is 0 Å². The Morgan fingerprint density at radius 2 is 1.25 bits per heavy atom. The minimum Gasteiger partial charge on any atom is -0.419 e. The van der Waals surface area contributed by atoms with Gasteiger partial charge in [0.05, 0.1) is 0 Å². The Balaban J connectivity index is 2.99. The van der Waals surface area contributed by atoms with Crippen LogP contribution in [0.2, 0.25) is 19.6 Å². The molecule has 0 heterocycles. The SMILES string of the molecule is C[SiH2]O[Si](O[SiH2]C)(O[SiH2]C)c1ccccc1. The number of benzene rings is 1. The summed E-state index contributed by atoms with van der Waals surface area (Å²) in [6, 6.07) is 10.2. The Morgan fingerprint density at radius 1 is 0.812 bits per heavy atom. The normalized spacial score (nSPS) is 16.9. The van der Waals surface area contributed by atoms with Gasteiger partial charge in [-0.15, -0.1) is 0 Å². The van der Waals surface area contributed by atoms with Gasteiger partial charge in [-0.05, 0) is 0 Å². The van der Waals surface area contributed by atoms with Gasteiger partial charge < -0.3 is 12.3 Å². The number of hydrogen-bond donors (Lipinski definition) is 0. The summed E-state index contributed by atoms with van der Waals surface area (Å²) in [6.45, 7) is 6.39. The van der Waals surface area contributed by atoms with Gasteiger partial charge in [-0.1, -0.05) is 50.0 Å². The van der Waals surface area contributed by atoms with Crippen LogP contribution in [0.3, 0.4) is 0 Å². The lowest BCUT2D eigenvalue weighted by molar-refractivity contribution is 0.305. The molecule has 0 atom stereocenters. The molecule has 0 aliphatic carbocycles. The fraction of sp³-hybridized carbons (Fsp3) is 0.333. The lowest BCUT2D eigenvalue weighted by atomic mass is 10.4. The molecular formula is C9H20O3Si4. The fourth-order valence-corrected chi connectivity index (χ4v) is 12.0. The first-order valence-electron chi connectivity index (χ1n) is 5.76. The van der Waals surface area contributed by atoms with Crippen LogP contribution in [0.25, 0.3) is 0 Å².